The number of hydrogen-bond donors (Lipinski definition) is 1. The number of hydrogen-bond acceptors (Lipinski definition) is 3. The van der Waals surface area contributed by atoms with Crippen molar-refractivity contribution in [1.29, 1.82) is 0 Å². The minimum atomic E-state index is -0.420. The summed E-state index contributed by atoms with van der Waals surface area (Å²) >= 11 is 5.89. The van der Waals surface area contributed by atoms with Crippen molar-refractivity contribution >= 4 is 23.0 Å². The zero-order valence-corrected chi connectivity index (χ0v) is 11.1. The van der Waals surface area contributed by atoms with Gasteiger partial charge in [-0.3, -0.25) is 10.1 Å². The van der Waals surface area contributed by atoms with E-state index in [1.54, 1.807) is 18.2 Å². The van der Waals surface area contributed by atoms with E-state index in [0.717, 1.165) is 12.8 Å². The lowest BCUT2D eigenvalue weighted by Crippen LogP contribution is -2.26. The SMILES string of the molecule is CC1CCCC(Nc2cccc(Cl)c2[N+](=O)[O-])C1. The largest absolute Gasteiger partial charge is 0.377 e. The maximum absolute atomic E-state index is 11.0. The first-order chi connectivity index (χ1) is 8.58. The van der Waals surface area contributed by atoms with Crippen LogP contribution in [0.15, 0.2) is 18.2 Å². The lowest BCUT2D eigenvalue weighted by Gasteiger charge is -2.28. The molecule has 0 aliphatic heterocycles. The molecular formula is C13H17ClN2O2. The smallest absolute Gasteiger partial charge is 0.310 e. The van der Waals surface area contributed by atoms with E-state index >= 15 is 0 Å². The summed E-state index contributed by atoms with van der Waals surface area (Å²) in [4.78, 5) is 10.6. The van der Waals surface area contributed by atoms with Gasteiger partial charge in [-0.1, -0.05) is 37.4 Å². The zero-order valence-electron chi connectivity index (χ0n) is 10.4. The van der Waals surface area contributed by atoms with Gasteiger partial charge in [-0.2, -0.15) is 0 Å². The molecule has 1 aromatic rings. The van der Waals surface area contributed by atoms with Gasteiger partial charge in [0.25, 0.3) is 0 Å². The summed E-state index contributed by atoms with van der Waals surface area (Å²) < 4.78 is 0. The van der Waals surface area contributed by atoms with Gasteiger partial charge in [-0.25, -0.2) is 0 Å². The number of benzene rings is 1. The maximum Gasteiger partial charge on any atom is 0.310 e. The summed E-state index contributed by atoms with van der Waals surface area (Å²) in [5.74, 6) is 0.675. The first-order valence-electron chi connectivity index (χ1n) is 6.27. The molecule has 1 aliphatic rings. The third-order valence-electron chi connectivity index (χ3n) is 3.47. The molecule has 98 valence electrons. The third kappa shape index (κ3) is 2.93. The predicted octanol–water partition coefficient (Wildman–Crippen LogP) is 4.24. The molecule has 0 heterocycles. The molecule has 0 amide bonds. The van der Waals surface area contributed by atoms with Gasteiger partial charge < -0.3 is 5.32 Å². The Morgan fingerprint density at radius 2 is 2.22 bits per heavy atom. The summed E-state index contributed by atoms with van der Waals surface area (Å²) in [7, 11) is 0. The van der Waals surface area contributed by atoms with Crippen molar-refractivity contribution in [2.24, 2.45) is 5.92 Å². The van der Waals surface area contributed by atoms with Crippen LogP contribution in [-0.4, -0.2) is 11.0 Å². The Kier molecular flexibility index (Phi) is 4.07. The van der Waals surface area contributed by atoms with Crippen molar-refractivity contribution in [2.45, 2.75) is 38.6 Å². The van der Waals surface area contributed by atoms with Gasteiger partial charge in [0.1, 0.15) is 10.7 Å². The maximum atomic E-state index is 11.0. The molecule has 0 radical (unpaired) electrons. The van der Waals surface area contributed by atoms with E-state index in [1.807, 2.05) is 0 Å². The highest BCUT2D eigenvalue weighted by molar-refractivity contribution is 6.33. The van der Waals surface area contributed by atoms with Gasteiger partial charge in [-0.15, -0.1) is 0 Å². The van der Waals surface area contributed by atoms with Gasteiger partial charge in [0, 0.05) is 6.04 Å². The quantitative estimate of drug-likeness (QED) is 0.659. The molecule has 4 nitrogen and oxygen atoms in total. The second-order valence-electron chi connectivity index (χ2n) is 5.01. The molecular weight excluding hydrogens is 252 g/mol. The van der Waals surface area contributed by atoms with E-state index in [0.29, 0.717) is 17.6 Å². The summed E-state index contributed by atoms with van der Waals surface area (Å²) in [5, 5.41) is 14.5. The lowest BCUT2D eigenvalue weighted by molar-refractivity contribution is -0.383. The summed E-state index contributed by atoms with van der Waals surface area (Å²) in [6.07, 6.45) is 4.54. The molecule has 0 bridgehead atoms. The van der Waals surface area contributed by atoms with Crippen molar-refractivity contribution in [3.05, 3.63) is 33.3 Å². The van der Waals surface area contributed by atoms with Crippen molar-refractivity contribution in [2.75, 3.05) is 5.32 Å². The summed E-state index contributed by atoms with van der Waals surface area (Å²) in [5.41, 5.74) is 0.518. The third-order valence-corrected chi connectivity index (χ3v) is 3.77. The zero-order chi connectivity index (χ0) is 13.1. The molecule has 1 aliphatic carbocycles. The monoisotopic (exact) mass is 268 g/mol. The Labute approximate surface area is 111 Å². The van der Waals surface area contributed by atoms with E-state index in [9.17, 15) is 10.1 Å². The van der Waals surface area contributed by atoms with Gasteiger partial charge in [0.15, 0.2) is 0 Å². The molecule has 18 heavy (non-hydrogen) atoms. The van der Waals surface area contributed by atoms with E-state index in [-0.39, 0.29) is 10.7 Å². The number of nitrogens with one attached hydrogen (secondary N) is 1. The molecule has 1 fully saturated rings. The number of rotatable bonds is 3. The fraction of sp³-hybridized carbons (Fsp3) is 0.538. The Morgan fingerprint density at radius 3 is 2.89 bits per heavy atom. The molecule has 2 unspecified atom stereocenters. The Bertz CT molecular complexity index is 451. The predicted molar refractivity (Wildman–Crippen MR) is 73.1 cm³/mol. The number of halogens is 1. The molecule has 0 saturated heterocycles. The topological polar surface area (TPSA) is 55.2 Å². The van der Waals surface area contributed by atoms with Crippen LogP contribution in [0.25, 0.3) is 0 Å². The van der Waals surface area contributed by atoms with Crippen LogP contribution in [-0.2, 0) is 0 Å². The fourth-order valence-corrected chi connectivity index (χ4v) is 2.85. The van der Waals surface area contributed by atoms with Crippen molar-refractivity contribution < 1.29 is 4.92 Å². The first kappa shape index (κ1) is 13.1. The molecule has 1 N–H and O–H groups in total. The molecule has 1 aromatic carbocycles. The van der Waals surface area contributed by atoms with Crippen LogP contribution in [0, 0.1) is 16.0 Å². The highest BCUT2D eigenvalue weighted by Gasteiger charge is 2.23. The second kappa shape index (κ2) is 5.57. The highest BCUT2D eigenvalue weighted by atomic mass is 35.5. The van der Waals surface area contributed by atoms with E-state index in [4.69, 9.17) is 11.6 Å². The van der Waals surface area contributed by atoms with Gasteiger partial charge in [0.2, 0.25) is 0 Å². The van der Waals surface area contributed by atoms with Crippen LogP contribution in [0.5, 0.6) is 0 Å². The van der Waals surface area contributed by atoms with Crippen LogP contribution >= 0.6 is 11.6 Å². The highest BCUT2D eigenvalue weighted by Crippen LogP contribution is 2.34. The van der Waals surface area contributed by atoms with Crippen molar-refractivity contribution in [1.82, 2.24) is 0 Å². The number of nitrogens with zero attached hydrogens (tertiary/aromatic N) is 1. The van der Waals surface area contributed by atoms with Crippen LogP contribution in [0.1, 0.15) is 32.6 Å². The second-order valence-corrected chi connectivity index (χ2v) is 5.41. The van der Waals surface area contributed by atoms with E-state index < -0.39 is 4.92 Å². The first-order valence-corrected chi connectivity index (χ1v) is 6.65. The van der Waals surface area contributed by atoms with E-state index in [1.165, 1.54) is 12.8 Å². The molecule has 1 saturated carbocycles. The molecule has 2 rings (SSSR count). The van der Waals surface area contributed by atoms with E-state index in [2.05, 4.69) is 12.2 Å². The number of nitro benzene ring substituents is 1. The Balaban J connectivity index is 2.18. The molecule has 0 aromatic heterocycles. The summed E-state index contributed by atoms with van der Waals surface area (Å²) in [6, 6.07) is 5.33. The molecule has 2 atom stereocenters. The fourth-order valence-electron chi connectivity index (χ4n) is 2.60. The minimum absolute atomic E-state index is 0.0163. The molecule has 5 heteroatoms. The van der Waals surface area contributed by atoms with Crippen LogP contribution < -0.4 is 5.32 Å². The standard InChI is InChI=1S/C13H17ClN2O2/c1-9-4-2-5-10(8-9)15-12-7-3-6-11(14)13(12)16(17)18/h3,6-7,9-10,15H,2,4-5,8H2,1H3. The Hall–Kier alpha value is -1.29. The van der Waals surface area contributed by atoms with Crippen LogP contribution in [0.4, 0.5) is 11.4 Å². The number of nitro groups is 1. The lowest BCUT2D eigenvalue weighted by atomic mass is 9.87. The van der Waals surface area contributed by atoms with Gasteiger partial charge in [0.05, 0.1) is 4.92 Å². The van der Waals surface area contributed by atoms with Crippen LogP contribution in [0.3, 0.4) is 0 Å². The average molecular weight is 269 g/mol. The van der Waals surface area contributed by atoms with Crippen LogP contribution in [0.2, 0.25) is 5.02 Å². The number of para-hydroxylation sites is 1. The summed E-state index contributed by atoms with van der Waals surface area (Å²) in [6.45, 7) is 2.22. The van der Waals surface area contributed by atoms with Crippen molar-refractivity contribution in [3.63, 3.8) is 0 Å². The van der Waals surface area contributed by atoms with Gasteiger partial charge in [-0.05, 0) is 30.9 Å². The average Bonchev–Trinajstić information content (AvgIpc) is 2.28. The number of anilines is 1. The minimum Gasteiger partial charge on any atom is -0.377 e. The Morgan fingerprint density at radius 1 is 1.44 bits per heavy atom. The van der Waals surface area contributed by atoms with Crippen molar-refractivity contribution in [3.8, 4) is 0 Å². The van der Waals surface area contributed by atoms with Gasteiger partial charge >= 0.3 is 5.69 Å². The molecule has 0 spiro atoms. The normalized spacial score (nSPS) is 23.7.